The van der Waals surface area contributed by atoms with E-state index in [1.807, 2.05) is 13.8 Å². The molecule has 0 atom stereocenters. The average Bonchev–Trinajstić information content (AvgIpc) is 2.22. The molecule has 0 aliphatic heterocycles. The number of ether oxygens (including phenoxy) is 2. The van der Waals surface area contributed by atoms with Crippen molar-refractivity contribution in [2.45, 2.75) is 26.7 Å². The van der Waals surface area contributed by atoms with Crippen LogP contribution in [-0.2, 0) is 14.3 Å². The Labute approximate surface area is 91.8 Å². The molecule has 0 aromatic carbocycles. The van der Waals surface area contributed by atoms with E-state index in [0.29, 0.717) is 25.2 Å². The van der Waals surface area contributed by atoms with E-state index in [2.05, 4.69) is 11.3 Å². The quantitative estimate of drug-likeness (QED) is 0.281. The van der Waals surface area contributed by atoms with E-state index >= 15 is 0 Å². The minimum atomic E-state index is -0.277. The Morgan fingerprint density at radius 3 is 2.60 bits per heavy atom. The number of carbonyl (C=O) groups excluding carboxylic acids is 1. The van der Waals surface area contributed by atoms with Crippen molar-refractivity contribution in [1.82, 2.24) is 0 Å². The van der Waals surface area contributed by atoms with Crippen LogP contribution in [0.2, 0.25) is 0 Å². The van der Waals surface area contributed by atoms with Gasteiger partial charge in [-0.1, -0.05) is 12.5 Å². The summed E-state index contributed by atoms with van der Waals surface area (Å²) in [4.78, 5) is 11.2. The number of rotatable bonds is 7. The Bertz CT molecular complexity index is 241. The third kappa shape index (κ3) is 6.91. The van der Waals surface area contributed by atoms with Crippen LogP contribution in [0.3, 0.4) is 0 Å². The van der Waals surface area contributed by atoms with E-state index in [1.165, 1.54) is 7.11 Å². The molecule has 0 spiro atoms. The molecular formula is C12H20O3. The number of carbonyl (C=O) groups is 1. The Kier molecular flexibility index (Phi) is 7.64. The smallest absolute Gasteiger partial charge is 0.333 e. The molecular weight excluding hydrogens is 192 g/mol. The Balaban J connectivity index is 3.81. The highest BCUT2D eigenvalue weighted by Crippen LogP contribution is 2.03. The van der Waals surface area contributed by atoms with Gasteiger partial charge in [0, 0.05) is 5.57 Å². The van der Waals surface area contributed by atoms with Gasteiger partial charge >= 0.3 is 5.97 Å². The summed E-state index contributed by atoms with van der Waals surface area (Å²) in [5, 5.41) is 0. The maximum atomic E-state index is 11.2. The van der Waals surface area contributed by atoms with Crippen LogP contribution < -0.4 is 0 Å². The first-order valence-electron chi connectivity index (χ1n) is 5.11. The van der Waals surface area contributed by atoms with Crippen LogP contribution >= 0.6 is 0 Å². The molecule has 3 nitrogen and oxygen atoms in total. The fourth-order valence-corrected chi connectivity index (χ4v) is 0.992. The predicted octanol–water partition coefficient (Wildman–Crippen LogP) is 2.48. The van der Waals surface area contributed by atoms with Gasteiger partial charge in [-0.2, -0.15) is 0 Å². The fraction of sp³-hybridized carbons (Fsp3) is 0.583. The summed E-state index contributed by atoms with van der Waals surface area (Å²) in [5.41, 5.74) is 1.76. The minimum Gasteiger partial charge on any atom is -0.466 e. The topological polar surface area (TPSA) is 35.5 Å². The normalized spacial score (nSPS) is 11.3. The van der Waals surface area contributed by atoms with Gasteiger partial charge in [0.15, 0.2) is 0 Å². The van der Waals surface area contributed by atoms with Crippen LogP contribution in [0.4, 0.5) is 0 Å². The summed E-state index contributed by atoms with van der Waals surface area (Å²) in [6.07, 6.45) is 3.29. The van der Waals surface area contributed by atoms with Crippen molar-refractivity contribution in [2.75, 3.05) is 20.3 Å². The molecule has 0 unspecified atom stereocenters. The lowest BCUT2D eigenvalue weighted by molar-refractivity contribution is -0.136. The molecule has 0 heterocycles. The van der Waals surface area contributed by atoms with Gasteiger partial charge in [-0.15, -0.1) is 6.58 Å². The highest BCUT2D eigenvalue weighted by Gasteiger charge is 2.05. The third-order valence-electron chi connectivity index (χ3n) is 1.95. The van der Waals surface area contributed by atoms with Crippen molar-refractivity contribution >= 4 is 5.97 Å². The molecule has 0 aromatic rings. The SMILES string of the molecule is C=C(C)CCOCC=C(CC)C(=O)OC. The second-order valence-electron chi connectivity index (χ2n) is 3.36. The Hall–Kier alpha value is -1.09. The molecule has 0 fully saturated rings. The zero-order valence-corrected chi connectivity index (χ0v) is 9.84. The Morgan fingerprint density at radius 1 is 1.47 bits per heavy atom. The molecule has 15 heavy (non-hydrogen) atoms. The number of methoxy groups -OCH3 is 1. The van der Waals surface area contributed by atoms with Gasteiger partial charge < -0.3 is 9.47 Å². The van der Waals surface area contributed by atoms with Crippen molar-refractivity contribution in [2.24, 2.45) is 0 Å². The van der Waals surface area contributed by atoms with Gasteiger partial charge in [0.1, 0.15) is 0 Å². The molecule has 0 aliphatic carbocycles. The second kappa shape index (κ2) is 8.24. The first-order valence-corrected chi connectivity index (χ1v) is 5.11. The van der Waals surface area contributed by atoms with E-state index in [0.717, 1.165) is 12.0 Å². The zero-order chi connectivity index (χ0) is 11.7. The van der Waals surface area contributed by atoms with E-state index in [1.54, 1.807) is 6.08 Å². The zero-order valence-electron chi connectivity index (χ0n) is 9.84. The molecule has 3 heteroatoms. The molecule has 0 bridgehead atoms. The van der Waals surface area contributed by atoms with Gasteiger partial charge in [0.2, 0.25) is 0 Å². The molecule has 0 aromatic heterocycles. The van der Waals surface area contributed by atoms with E-state index < -0.39 is 0 Å². The first-order chi connectivity index (χ1) is 7.11. The largest absolute Gasteiger partial charge is 0.466 e. The van der Waals surface area contributed by atoms with Gasteiger partial charge in [-0.3, -0.25) is 0 Å². The van der Waals surface area contributed by atoms with Crippen molar-refractivity contribution in [1.29, 1.82) is 0 Å². The van der Waals surface area contributed by atoms with Crippen molar-refractivity contribution < 1.29 is 14.3 Å². The van der Waals surface area contributed by atoms with Crippen molar-refractivity contribution in [3.63, 3.8) is 0 Å². The van der Waals surface area contributed by atoms with Gasteiger partial charge in [-0.05, 0) is 25.8 Å². The molecule has 0 saturated carbocycles. The van der Waals surface area contributed by atoms with E-state index in [9.17, 15) is 4.79 Å². The van der Waals surface area contributed by atoms with Crippen LogP contribution in [0.5, 0.6) is 0 Å². The standard InChI is InChI=1S/C12H20O3/c1-5-11(12(13)14-4)7-9-15-8-6-10(2)3/h7H,2,5-6,8-9H2,1,3-4H3. The van der Waals surface area contributed by atoms with E-state index in [-0.39, 0.29) is 5.97 Å². The minimum absolute atomic E-state index is 0.277. The van der Waals surface area contributed by atoms with Crippen LogP contribution in [0.25, 0.3) is 0 Å². The monoisotopic (exact) mass is 212 g/mol. The number of hydrogen-bond donors (Lipinski definition) is 0. The molecule has 0 N–H and O–H groups in total. The summed E-state index contributed by atoms with van der Waals surface area (Å²) in [7, 11) is 1.38. The lowest BCUT2D eigenvalue weighted by Crippen LogP contribution is -2.05. The lowest BCUT2D eigenvalue weighted by Gasteiger charge is -2.03. The second-order valence-corrected chi connectivity index (χ2v) is 3.36. The summed E-state index contributed by atoms with van der Waals surface area (Å²) in [5.74, 6) is -0.277. The number of esters is 1. The summed E-state index contributed by atoms with van der Waals surface area (Å²) in [6.45, 7) is 8.75. The molecule has 0 aliphatic rings. The highest BCUT2D eigenvalue weighted by atomic mass is 16.5. The molecule has 0 radical (unpaired) electrons. The summed E-state index contributed by atoms with van der Waals surface area (Å²) in [6, 6.07) is 0. The van der Waals surface area contributed by atoms with Gasteiger partial charge in [0.25, 0.3) is 0 Å². The Morgan fingerprint density at radius 2 is 2.13 bits per heavy atom. The predicted molar refractivity (Wildman–Crippen MR) is 60.6 cm³/mol. The first kappa shape index (κ1) is 13.9. The molecule has 86 valence electrons. The summed E-state index contributed by atoms with van der Waals surface area (Å²) >= 11 is 0. The average molecular weight is 212 g/mol. The van der Waals surface area contributed by atoms with Crippen LogP contribution in [0.1, 0.15) is 26.7 Å². The summed E-state index contributed by atoms with van der Waals surface area (Å²) < 4.78 is 9.95. The highest BCUT2D eigenvalue weighted by molar-refractivity contribution is 5.88. The van der Waals surface area contributed by atoms with Crippen LogP contribution in [0, 0.1) is 0 Å². The van der Waals surface area contributed by atoms with Crippen molar-refractivity contribution in [3.8, 4) is 0 Å². The fourth-order valence-electron chi connectivity index (χ4n) is 0.992. The number of hydrogen-bond acceptors (Lipinski definition) is 3. The molecule has 0 rings (SSSR count). The third-order valence-corrected chi connectivity index (χ3v) is 1.95. The maximum Gasteiger partial charge on any atom is 0.333 e. The maximum absolute atomic E-state index is 11.2. The van der Waals surface area contributed by atoms with Gasteiger partial charge in [0.05, 0.1) is 20.3 Å². The lowest BCUT2D eigenvalue weighted by atomic mass is 10.2. The van der Waals surface area contributed by atoms with Crippen LogP contribution in [-0.4, -0.2) is 26.3 Å². The van der Waals surface area contributed by atoms with Gasteiger partial charge in [-0.25, -0.2) is 4.79 Å². The molecule has 0 amide bonds. The van der Waals surface area contributed by atoms with E-state index in [4.69, 9.17) is 4.74 Å². The van der Waals surface area contributed by atoms with Crippen LogP contribution in [0.15, 0.2) is 23.8 Å². The van der Waals surface area contributed by atoms with Crippen molar-refractivity contribution in [3.05, 3.63) is 23.8 Å². The molecule has 0 saturated heterocycles.